The lowest BCUT2D eigenvalue weighted by molar-refractivity contribution is -0.138. The fraction of sp³-hybridized carbons (Fsp3) is 0.263. The van der Waals surface area contributed by atoms with Crippen LogP contribution in [0.1, 0.15) is 12.0 Å². The molecular formula is C19H20N2O3. The zero-order valence-corrected chi connectivity index (χ0v) is 13.6. The summed E-state index contributed by atoms with van der Waals surface area (Å²) in [6.07, 6.45) is 0.868. The van der Waals surface area contributed by atoms with E-state index < -0.39 is 6.04 Å². The molecule has 1 fully saturated rings. The third-order valence-electron chi connectivity index (χ3n) is 4.14. The van der Waals surface area contributed by atoms with Crippen LogP contribution in [0.2, 0.25) is 0 Å². The maximum Gasteiger partial charge on any atom is 0.252 e. The van der Waals surface area contributed by atoms with Gasteiger partial charge in [-0.3, -0.25) is 14.5 Å². The quantitative estimate of drug-likeness (QED) is 0.829. The number of rotatable bonds is 6. The zero-order valence-electron chi connectivity index (χ0n) is 13.6. The first-order chi connectivity index (χ1) is 11.7. The van der Waals surface area contributed by atoms with E-state index in [0.717, 1.165) is 17.0 Å². The van der Waals surface area contributed by atoms with Gasteiger partial charge in [-0.15, -0.1) is 0 Å². The molecule has 0 aliphatic carbocycles. The minimum Gasteiger partial charge on any atom is -0.497 e. The largest absolute Gasteiger partial charge is 0.497 e. The average Bonchev–Trinajstić information content (AvgIpc) is 2.88. The molecule has 24 heavy (non-hydrogen) atoms. The van der Waals surface area contributed by atoms with Gasteiger partial charge in [-0.1, -0.05) is 30.3 Å². The summed E-state index contributed by atoms with van der Waals surface area (Å²) in [5, 5.41) is 3.13. The molecule has 0 radical (unpaired) electrons. The normalized spacial score (nSPS) is 17.2. The Morgan fingerprint density at radius 1 is 1.08 bits per heavy atom. The SMILES string of the molecule is COc1ccc(N[C@@H]2CC(=O)N(CCc3ccccc3)C2=O)cc1. The van der Waals surface area contributed by atoms with Gasteiger partial charge < -0.3 is 10.1 Å². The molecule has 2 amide bonds. The third-order valence-corrected chi connectivity index (χ3v) is 4.14. The van der Waals surface area contributed by atoms with Crippen molar-refractivity contribution < 1.29 is 14.3 Å². The van der Waals surface area contributed by atoms with Crippen molar-refractivity contribution in [2.75, 3.05) is 19.0 Å². The monoisotopic (exact) mass is 324 g/mol. The standard InChI is InChI=1S/C19H20N2O3/c1-24-16-9-7-15(8-10-16)20-17-13-18(22)21(19(17)23)12-11-14-5-3-2-4-6-14/h2-10,17,20H,11-13H2,1H3/t17-/m1/s1. The van der Waals surface area contributed by atoms with E-state index in [1.807, 2.05) is 54.6 Å². The minimum atomic E-state index is -0.498. The maximum atomic E-state index is 12.5. The number of ether oxygens (including phenoxy) is 1. The number of hydrogen-bond acceptors (Lipinski definition) is 4. The molecule has 124 valence electrons. The summed E-state index contributed by atoms with van der Waals surface area (Å²) in [6, 6.07) is 16.7. The van der Waals surface area contributed by atoms with Gasteiger partial charge in [0, 0.05) is 12.2 Å². The molecule has 0 bridgehead atoms. The van der Waals surface area contributed by atoms with Gasteiger partial charge in [0.15, 0.2) is 0 Å². The predicted molar refractivity (Wildman–Crippen MR) is 91.9 cm³/mol. The Hall–Kier alpha value is -2.82. The molecule has 0 spiro atoms. The maximum absolute atomic E-state index is 12.5. The van der Waals surface area contributed by atoms with Gasteiger partial charge >= 0.3 is 0 Å². The highest BCUT2D eigenvalue weighted by molar-refractivity contribution is 6.06. The van der Waals surface area contributed by atoms with Crippen LogP contribution in [0.15, 0.2) is 54.6 Å². The van der Waals surface area contributed by atoms with Crippen molar-refractivity contribution in [2.24, 2.45) is 0 Å². The van der Waals surface area contributed by atoms with Crippen molar-refractivity contribution in [1.82, 2.24) is 4.90 Å². The highest BCUT2D eigenvalue weighted by atomic mass is 16.5. The lowest BCUT2D eigenvalue weighted by atomic mass is 10.1. The van der Waals surface area contributed by atoms with Crippen molar-refractivity contribution in [3.63, 3.8) is 0 Å². The summed E-state index contributed by atoms with van der Waals surface area (Å²) in [7, 11) is 1.60. The summed E-state index contributed by atoms with van der Waals surface area (Å²) in [5.74, 6) is 0.465. The van der Waals surface area contributed by atoms with Gasteiger partial charge in [0.05, 0.1) is 13.5 Å². The average molecular weight is 324 g/mol. The van der Waals surface area contributed by atoms with E-state index in [1.165, 1.54) is 4.90 Å². The Kier molecular flexibility index (Phi) is 4.79. The molecule has 1 aliphatic heterocycles. The third kappa shape index (κ3) is 3.56. The molecule has 0 unspecified atom stereocenters. The van der Waals surface area contributed by atoms with Crippen molar-refractivity contribution in [3.05, 3.63) is 60.2 Å². The molecule has 1 atom stereocenters. The van der Waals surface area contributed by atoms with Gasteiger partial charge in [0.1, 0.15) is 11.8 Å². The van der Waals surface area contributed by atoms with Crippen LogP contribution in [-0.4, -0.2) is 36.4 Å². The summed E-state index contributed by atoms with van der Waals surface area (Å²) >= 11 is 0. The Balaban J connectivity index is 1.60. The number of nitrogens with zero attached hydrogens (tertiary/aromatic N) is 1. The zero-order chi connectivity index (χ0) is 16.9. The predicted octanol–water partition coefficient (Wildman–Crippen LogP) is 2.48. The molecule has 0 saturated carbocycles. The van der Waals surface area contributed by atoms with E-state index in [-0.39, 0.29) is 18.2 Å². The van der Waals surface area contributed by atoms with E-state index in [9.17, 15) is 9.59 Å². The van der Waals surface area contributed by atoms with Crippen molar-refractivity contribution >= 4 is 17.5 Å². The van der Waals surface area contributed by atoms with Crippen molar-refractivity contribution in [2.45, 2.75) is 18.9 Å². The number of imide groups is 1. The molecule has 5 heteroatoms. The van der Waals surface area contributed by atoms with E-state index in [1.54, 1.807) is 7.11 Å². The van der Waals surface area contributed by atoms with Crippen LogP contribution in [-0.2, 0) is 16.0 Å². The Morgan fingerprint density at radius 3 is 2.46 bits per heavy atom. The van der Waals surface area contributed by atoms with Gasteiger partial charge in [0.25, 0.3) is 5.91 Å². The summed E-state index contributed by atoms with van der Waals surface area (Å²) in [4.78, 5) is 26.0. The van der Waals surface area contributed by atoms with Crippen LogP contribution in [0, 0.1) is 0 Å². The smallest absolute Gasteiger partial charge is 0.252 e. The highest BCUT2D eigenvalue weighted by Gasteiger charge is 2.38. The van der Waals surface area contributed by atoms with Crippen LogP contribution in [0.5, 0.6) is 5.75 Å². The van der Waals surface area contributed by atoms with Crippen LogP contribution in [0.3, 0.4) is 0 Å². The number of nitrogens with one attached hydrogen (secondary N) is 1. The molecule has 0 aromatic heterocycles. The number of amides is 2. The Morgan fingerprint density at radius 2 is 1.79 bits per heavy atom. The summed E-state index contributed by atoms with van der Waals surface area (Å²) in [5.41, 5.74) is 1.91. The van der Waals surface area contributed by atoms with Crippen LogP contribution in [0.4, 0.5) is 5.69 Å². The number of benzene rings is 2. The van der Waals surface area contributed by atoms with Crippen LogP contribution in [0.25, 0.3) is 0 Å². The second-order valence-electron chi connectivity index (χ2n) is 5.75. The minimum absolute atomic E-state index is 0.123. The number of methoxy groups -OCH3 is 1. The van der Waals surface area contributed by atoms with Gasteiger partial charge in [-0.05, 0) is 36.2 Å². The molecule has 1 aliphatic rings. The van der Waals surface area contributed by atoms with Gasteiger partial charge in [-0.2, -0.15) is 0 Å². The molecule has 1 N–H and O–H groups in total. The molecule has 5 nitrogen and oxygen atoms in total. The first-order valence-corrected chi connectivity index (χ1v) is 7.96. The topological polar surface area (TPSA) is 58.6 Å². The fourth-order valence-corrected chi connectivity index (χ4v) is 2.80. The molecule has 2 aromatic rings. The first-order valence-electron chi connectivity index (χ1n) is 7.96. The van der Waals surface area contributed by atoms with Gasteiger partial charge in [-0.25, -0.2) is 0 Å². The van der Waals surface area contributed by atoms with Gasteiger partial charge in [0.2, 0.25) is 5.91 Å². The van der Waals surface area contributed by atoms with Crippen molar-refractivity contribution in [3.8, 4) is 5.75 Å². The van der Waals surface area contributed by atoms with E-state index in [2.05, 4.69) is 5.32 Å². The second kappa shape index (κ2) is 7.17. The van der Waals surface area contributed by atoms with Crippen molar-refractivity contribution in [1.29, 1.82) is 0 Å². The highest BCUT2D eigenvalue weighted by Crippen LogP contribution is 2.21. The molecular weight excluding hydrogens is 304 g/mol. The van der Waals surface area contributed by atoms with E-state index >= 15 is 0 Å². The number of carbonyl (C=O) groups is 2. The lowest BCUT2D eigenvalue weighted by Gasteiger charge is -2.16. The fourth-order valence-electron chi connectivity index (χ4n) is 2.80. The van der Waals surface area contributed by atoms with Crippen LogP contribution < -0.4 is 10.1 Å². The molecule has 1 saturated heterocycles. The Bertz CT molecular complexity index is 713. The summed E-state index contributed by atoms with van der Waals surface area (Å²) < 4.78 is 5.11. The number of carbonyl (C=O) groups excluding carboxylic acids is 2. The Labute approximate surface area is 141 Å². The van der Waals surface area contributed by atoms with E-state index in [0.29, 0.717) is 13.0 Å². The van der Waals surface area contributed by atoms with E-state index in [4.69, 9.17) is 4.74 Å². The number of anilines is 1. The molecule has 1 heterocycles. The molecule has 3 rings (SSSR count). The summed E-state index contributed by atoms with van der Waals surface area (Å²) in [6.45, 7) is 0.419. The lowest BCUT2D eigenvalue weighted by Crippen LogP contribution is -2.36. The molecule has 2 aromatic carbocycles. The first kappa shape index (κ1) is 16.1. The second-order valence-corrected chi connectivity index (χ2v) is 5.75. The number of hydrogen-bond donors (Lipinski definition) is 1. The van der Waals surface area contributed by atoms with Crippen LogP contribution >= 0.6 is 0 Å². The number of likely N-dealkylation sites (tertiary alicyclic amines) is 1.